The van der Waals surface area contributed by atoms with E-state index >= 15 is 0 Å². The summed E-state index contributed by atoms with van der Waals surface area (Å²) in [7, 11) is 1.66. The van der Waals surface area contributed by atoms with Gasteiger partial charge in [0.25, 0.3) is 5.91 Å². The summed E-state index contributed by atoms with van der Waals surface area (Å²) < 4.78 is 5.51. The number of ether oxygens (including phenoxy) is 1. The topological polar surface area (TPSA) is 61.9 Å². The van der Waals surface area contributed by atoms with Gasteiger partial charge in [0.2, 0.25) is 0 Å². The van der Waals surface area contributed by atoms with E-state index < -0.39 is 5.54 Å². The number of imide groups is 1. The molecule has 0 bridgehead atoms. The van der Waals surface area contributed by atoms with E-state index in [4.69, 9.17) is 4.74 Å². The van der Waals surface area contributed by atoms with Gasteiger partial charge >= 0.3 is 6.03 Å². The highest BCUT2D eigenvalue weighted by atomic mass is 32.1. The predicted octanol–water partition coefficient (Wildman–Crippen LogP) is 4.22. The zero-order valence-corrected chi connectivity index (χ0v) is 18.4. The third-order valence-corrected chi connectivity index (χ3v) is 7.12. The van der Waals surface area contributed by atoms with E-state index in [1.807, 2.05) is 35.7 Å². The number of urea groups is 1. The molecule has 4 rings (SSSR count). The molecule has 0 unspecified atom stereocenters. The molecule has 1 saturated carbocycles. The van der Waals surface area contributed by atoms with Crippen molar-refractivity contribution in [1.29, 1.82) is 0 Å². The second-order valence-corrected chi connectivity index (χ2v) is 9.48. The van der Waals surface area contributed by atoms with Gasteiger partial charge in [-0.2, -0.15) is 0 Å². The Morgan fingerprint density at radius 3 is 2.63 bits per heavy atom. The van der Waals surface area contributed by atoms with E-state index in [1.54, 1.807) is 18.4 Å². The molecule has 0 radical (unpaired) electrons. The third-order valence-electron chi connectivity index (χ3n) is 6.26. The maximum absolute atomic E-state index is 13.3. The maximum atomic E-state index is 13.3. The Hall–Kier alpha value is -2.38. The molecular formula is C23H29N3O3S. The summed E-state index contributed by atoms with van der Waals surface area (Å²) in [4.78, 5) is 30.8. The van der Waals surface area contributed by atoms with Gasteiger partial charge in [-0.05, 0) is 49.1 Å². The molecule has 1 saturated heterocycles. The van der Waals surface area contributed by atoms with E-state index in [-0.39, 0.29) is 18.6 Å². The number of benzene rings is 1. The number of carbonyl (C=O) groups excluding carboxylic acids is 2. The quantitative estimate of drug-likeness (QED) is 0.672. The first kappa shape index (κ1) is 20.9. The Labute approximate surface area is 181 Å². The van der Waals surface area contributed by atoms with Crippen LogP contribution in [-0.4, -0.2) is 41.1 Å². The van der Waals surface area contributed by atoms with Crippen molar-refractivity contribution in [3.8, 4) is 5.75 Å². The first-order valence-electron chi connectivity index (χ1n) is 10.5. The van der Waals surface area contributed by atoms with Crippen LogP contribution in [0.15, 0.2) is 41.8 Å². The van der Waals surface area contributed by atoms with Crippen molar-refractivity contribution in [2.24, 2.45) is 5.92 Å². The van der Waals surface area contributed by atoms with Crippen molar-refractivity contribution < 1.29 is 14.3 Å². The molecule has 1 N–H and O–H groups in total. The van der Waals surface area contributed by atoms with E-state index in [2.05, 4.69) is 23.2 Å². The molecule has 1 spiro atoms. The number of methoxy groups -OCH3 is 1. The van der Waals surface area contributed by atoms with Crippen molar-refractivity contribution in [2.75, 3.05) is 13.8 Å². The van der Waals surface area contributed by atoms with Gasteiger partial charge in [0.15, 0.2) is 0 Å². The van der Waals surface area contributed by atoms with Crippen LogP contribution in [0.5, 0.6) is 5.75 Å². The Morgan fingerprint density at radius 2 is 1.93 bits per heavy atom. The number of amides is 3. The van der Waals surface area contributed by atoms with Crippen LogP contribution in [0.2, 0.25) is 0 Å². The third kappa shape index (κ3) is 4.23. The molecule has 2 heterocycles. The monoisotopic (exact) mass is 427 g/mol. The average Bonchev–Trinajstić information content (AvgIpc) is 3.33. The van der Waals surface area contributed by atoms with Crippen LogP contribution >= 0.6 is 11.3 Å². The number of para-hydroxylation sites is 1. The lowest BCUT2D eigenvalue weighted by Gasteiger charge is -2.34. The minimum atomic E-state index is -0.706. The molecular weight excluding hydrogens is 398 g/mol. The first-order valence-corrected chi connectivity index (χ1v) is 11.4. The fraction of sp³-hybridized carbons (Fsp3) is 0.478. The summed E-state index contributed by atoms with van der Waals surface area (Å²) in [5, 5.41) is 5.07. The van der Waals surface area contributed by atoms with Crippen LogP contribution in [0.25, 0.3) is 0 Å². The van der Waals surface area contributed by atoms with Crippen molar-refractivity contribution in [1.82, 2.24) is 15.1 Å². The van der Waals surface area contributed by atoms with Crippen LogP contribution < -0.4 is 10.1 Å². The fourth-order valence-electron chi connectivity index (χ4n) is 4.45. The molecule has 7 heteroatoms. The molecule has 3 amide bonds. The minimum Gasteiger partial charge on any atom is -0.496 e. The highest BCUT2D eigenvalue weighted by molar-refractivity contribution is 7.09. The van der Waals surface area contributed by atoms with Gasteiger partial charge in [0.05, 0.1) is 13.8 Å². The molecule has 0 atom stereocenters. The summed E-state index contributed by atoms with van der Waals surface area (Å²) in [6, 6.07) is 11.7. The zero-order chi connectivity index (χ0) is 21.1. The van der Waals surface area contributed by atoms with Crippen molar-refractivity contribution in [3.05, 3.63) is 52.2 Å². The molecule has 1 aliphatic carbocycles. The Bertz CT molecular complexity index is 891. The zero-order valence-electron chi connectivity index (χ0n) is 17.6. The van der Waals surface area contributed by atoms with E-state index in [9.17, 15) is 9.59 Å². The van der Waals surface area contributed by atoms with Gasteiger partial charge in [-0.15, -0.1) is 11.3 Å². The second kappa shape index (κ2) is 8.78. The molecule has 2 aliphatic rings. The lowest BCUT2D eigenvalue weighted by molar-refractivity contribution is -0.134. The smallest absolute Gasteiger partial charge is 0.326 e. The number of carbonyl (C=O) groups is 2. The van der Waals surface area contributed by atoms with Crippen LogP contribution in [-0.2, 0) is 17.9 Å². The maximum Gasteiger partial charge on any atom is 0.326 e. The summed E-state index contributed by atoms with van der Waals surface area (Å²) in [6.07, 6.45) is 3.40. The highest BCUT2D eigenvalue weighted by Gasteiger charge is 2.52. The molecule has 1 aromatic heterocycles. The van der Waals surface area contributed by atoms with E-state index in [0.29, 0.717) is 19.0 Å². The molecule has 1 aromatic carbocycles. The van der Waals surface area contributed by atoms with Gasteiger partial charge in [-0.1, -0.05) is 31.2 Å². The number of nitrogens with one attached hydrogen (secondary N) is 1. The molecule has 2 aromatic rings. The molecule has 2 fully saturated rings. The summed E-state index contributed by atoms with van der Waals surface area (Å²) in [5.41, 5.74) is 0.327. The standard InChI is InChI=1S/C23H29N3O3S/c1-17-9-11-23(12-10-17)21(27)26(22(28)24-23)16-25(15-19-7-5-13-30-19)14-18-6-3-4-8-20(18)29-2/h3-8,13,17H,9-12,14-16H2,1-2H3,(H,24,28). The lowest BCUT2D eigenvalue weighted by Crippen LogP contribution is -2.50. The Kier molecular flexibility index (Phi) is 6.11. The normalized spacial score (nSPS) is 24.0. The average molecular weight is 428 g/mol. The van der Waals surface area contributed by atoms with Gasteiger partial charge in [-0.25, -0.2) is 9.69 Å². The summed E-state index contributed by atoms with van der Waals surface area (Å²) in [6.45, 7) is 3.72. The SMILES string of the molecule is COc1ccccc1CN(Cc1cccs1)CN1C(=O)NC2(CCC(C)CC2)C1=O. The number of thiophene rings is 1. The molecule has 160 valence electrons. The summed E-state index contributed by atoms with van der Waals surface area (Å²) in [5.74, 6) is 1.34. The van der Waals surface area contributed by atoms with Crippen LogP contribution in [0.3, 0.4) is 0 Å². The van der Waals surface area contributed by atoms with Crippen molar-refractivity contribution >= 4 is 23.3 Å². The van der Waals surface area contributed by atoms with Crippen LogP contribution in [0.1, 0.15) is 43.0 Å². The van der Waals surface area contributed by atoms with Gasteiger partial charge in [0, 0.05) is 23.5 Å². The lowest BCUT2D eigenvalue weighted by atomic mass is 9.77. The molecule has 6 nitrogen and oxygen atoms in total. The van der Waals surface area contributed by atoms with E-state index in [0.717, 1.165) is 37.0 Å². The minimum absolute atomic E-state index is 0.0735. The van der Waals surface area contributed by atoms with Gasteiger partial charge < -0.3 is 10.1 Å². The molecule has 30 heavy (non-hydrogen) atoms. The predicted molar refractivity (Wildman–Crippen MR) is 117 cm³/mol. The van der Waals surface area contributed by atoms with E-state index in [1.165, 1.54) is 9.78 Å². The summed E-state index contributed by atoms with van der Waals surface area (Å²) >= 11 is 1.68. The largest absolute Gasteiger partial charge is 0.496 e. The Morgan fingerprint density at radius 1 is 1.17 bits per heavy atom. The highest BCUT2D eigenvalue weighted by Crippen LogP contribution is 2.36. The molecule has 1 aliphatic heterocycles. The second-order valence-electron chi connectivity index (χ2n) is 8.45. The Balaban J connectivity index is 1.54. The first-order chi connectivity index (χ1) is 14.5. The number of nitrogens with zero attached hydrogens (tertiary/aromatic N) is 2. The van der Waals surface area contributed by atoms with Crippen LogP contribution in [0.4, 0.5) is 4.79 Å². The van der Waals surface area contributed by atoms with Crippen molar-refractivity contribution in [3.63, 3.8) is 0 Å². The van der Waals surface area contributed by atoms with Crippen molar-refractivity contribution in [2.45, 2.75) is 51.2 Å². The number of hydrogen-bond acceptors (Lipinski definition) is 5. The number of rotatable bonds is 7. The number of hydrogen-bond donors (Lipinski definition) is 1. The van der Waals surface area contributed by atoms with Crippen LogP contribution in [0, 0.1) is 5.92 Å². The van der Waals surface area contributed by atoms with Gasteiger partial charge in [-0.3, -0.25) is 9.69 Å². The van der Waals surface area contributed by atoms with Gasteiger partial charge in [0.1, 0.15) is 11.3 Å². The fourth-order valence-corrected chi connectivity index (χ4v) is 5.20.